The predicted molar refractivity (Wildman–Crippen MR) is 202 cm³/mol. The number of ether oxygens (including phenoxy) is 4. The Balaban J connectivity index is 1.74. The Morgan fingerprint density at radius 1 is 1.10 bits per heavy atom. The minimum absolute atomic E-state index is 0.0264. The van der Waals surface area contributed by atoms with E-state index in [1.807, 2.05) is 32.9 Å². The molecule has 0 spiro atoms. The molecule has 11 heteroatoms. The van der Waals surface area contributed by atoms with Crippen LogP contribution in [-0.2, 0) is 30.3 Å². The van der Waals surface area contributed by atoms with Crippen molar-refractivity contribution >= 4 is 11.4 Å². The molecule has 0 aromatic rings. The number of aliphatic hydroxyl groups excluding tert-OH is 2. The van der Waals surface area contributed by atoms with E-state index in [0.29, 0.717) is 31.3 Å². The zero-order valence-electron chi connectivity index (χ0n) is 32.4. The number of methoxy groups -OCH3 is 2. The summed E-state index contributed by atoms with van der Waals surface area (Å²) in [7, 11) is 3.13. The van der Waals surface area contributed by atoms with E-state index in [9.17, 15) is 14.8 Å². The first-order valence-corrected chi connectivity index (χ1v) is 20.1. The van der Waals surface area contributed by atoms with Crippen LogP contribution in [0.1, 0.15) is 93.4 Å². The molecule has 12 atom stereocenters. The lowest BCUT2D eigenvalue weighted by atomic mass is 9.63. The Kier molecular flexibility index (Phi) is 17.5. The lowest BCUT2D eigenvalue weighted by Gasteiger charge is -2.49. The highest BCUT2D eigenvalue weighted by Crippen LogP contribution is 2.51. The summed E-state index contributed by atoms with van der Waals surface area (Å²) in [5, 5.41) is 25.7. The normalized spacial score (nSPS) is 31.4. The van der Waals surface area contributed by atoms with Gasteiger partial charge in [-0.25, -0.2) is 0 Å². The number of rotatable bonds is 23. The molecule has 3 fully saturated rings. The maximum absolute atomic E-state index is 13.4. The summed E-state index contributed by atoms with van der Waals surface area (Å²) in [6.07, 6.45) is 9.58. The Bertz CT molecular complexity index is 1130. The molecule has 288 valence electrons. The number of allylic oxidation sites excluding steroid dienone is 3. The summed E-state index contributed by atoms with van der Waals surface area (Å²) in [5.41, 5.74) is 1.75. The highest BCUT2D eigenvalue weighted by molar-refractivity contribution is 7.90. The average molecular weight is 724 g/mol. The van der Waals surface area contributed by atoms with E-state index in [0.717, 1.165) is 56.2 Å². The predicted octanol–water partition coefficient (Wildman–Crippen LogP) is 5.56. The van der Waals surface area contributed by atoms with Gasteiger partial charge in [0, 0.05) is 50.3 Å². The number of aliphatic hydroxyl groups is 2. The van der Waals surface area contributed by atoms with Crippen LogP contribution in [0.15, 0.2) is 48.3 Å². The van der Waals surface area contributed by atoms with Gasteiger partial charge in [-0.15, -0.1) is 6.58 Å². The highest BCUT2D eigenvalue weighted by atomic mass is 32.2. The zero-order valence-corrected chi connectivity index (χ0v) is 33.2. The van der Waals surface area contributed by atoms with Crippen LogP contribution < -0.4 is 10.0 Å². The summed E-state index contributed by atoms with van der Waals surface area (Å²) in [5.74, 6) is 1.26. The third kappa shape index (κ3) is 10.2. The van der Waals surface area contributed by atoms with Crippen LogP contribution in [0, 0.1) is 23.7 Å². The lowest BCUT2D eigenvalue weighted by Crippen LogP contribution is -2.55. The molecule has 2 saturated carbocycles. The van der Waals surface area contributed by atoms with Crippen molar-refractivity contribution in [3.63, 3.8) is 0 Å². The van der Waals surface area contributed by atoms with Gasteiger partial charge < -0.3 is 33.7 Å². The number of nitrogens with one attached hydrogen (secondary N) is 2. The number of hydrogen-bond acceptors (Lipinski definition) is 10. The molecule has 12 unspecified atom stereocenters. The smallest absolute Gasteiger partial charge is 0.216 e. The summed E-state index contributed by atoms with van der Waals surface area (Å²) >= 11 is -1.68. The molecule has 50 heavy (non-hydrogen) atoms. The topological polar surface area (TPSA) is 128 Å². The summed E-state index contributed by atoms with van der Waals surface area (Å²) in [6, 6.07) is 0.0264. The minimum atomic E-state index is -1.68. The average Bonchev–Trinajstić information content (AvgIpc) is 3.73. The Hall–Kier alpha value is -1.25. The minimum Gasteiger partial charge on any atom is -0.597 e. The second-order valence-electron chi connectivity index (χ2n) is 14.4. The van der Waals surface area contributed by atoms with Crippen LogP contribution in [0.25, 0.3) is 0 Å². The van der Waals surface area contributed by atoms with Gasteiger partial charge in [0.15, 0.2) is 0 Å². The van der Waals surface area contributed by atoms with Crippen LogP contribution >= 0.6 is 0 Å². The third-order valence-electron chi connectivity index (χ3n) is 11.2. The van der Waals surface area contributed by atoms with Gasteiger partial charge in [0.1, 0.15) is 18.1 Å². The van der Waals surface area contributed by atoms with Crippen molar-refractivity contribution in [1.82, 2.24) is 14.9 Å². The van der Waals surface area contributed by atoms with E-state index in [-0.39, 0.29) is 41.5 Å². The quantitative estimate of drug-likeness (QED) is 0.0350. The number of nitrogens with zero attached hydrogens (tertiary/aromatic N) is 1. The van der Waals surface area contributed by atoms with Crippen molar-refractivity contribution in [3.8, 4) is 0 Å². The first-order valence-electron chi connectivity index (χ1n) is 18.9. The summed E-state index contributed by atoms with van der Waals surface area (Å²) < 4.78 is 40.2. The van der Waals surface area contributed by atoms with E-state index in [1.54, 1.807) is 14.2 Å². The van der Waals surface area contributed by atoms with Crippen LogP contribution in [0.5, 0.6) is 0 Å². The molecule has 0 amide bonds. The summed E-state index contributed by atoms with van der Waals surface area (Å²) in [4.78, 5) is 2.27. The molecule has 4 N–H and O–H groups in total. The first kappa shape index (κ1) is 43.2. The molecule has 10 nitrogen and oxygen atoms in total. The molecule has 1 aliphatic heterocycles. The van der Waals surface area contributed by atoms with Crippen molar-refractivity contribution in [2.45, 2.75) is 141 Å². The van der Waals surface area contributed by atoms with Gasteiger partial charge in [-0.05, 0) is 84.1 Å². The van der Waals surface area contributed by atoms with Crippen molar-refractivity contribution in [1.29, 1.82) is 0 Å². The molecular weight excluding hydrogens is 655 g/mol. The molecular formula is C39H69N3O7S. The van der Waals surface area contributed by atoms with Crippen molar-refractivity contribution in [2.75, 3.05) is 34.0 Å². The van der Waals surface area contributed by atoms with Crippen LogP contribution in [0.4, 0.5) is 0 Å². The SMILES string of the molecule is C=CCC1C(CC)C(OCC)C2C(CN(C(CC)/C(C)=C\C(=C)CC3(NC(O)N[S+]([O-])C(/C(=C\CC)OC)C(C)OC)CC3)C2O)C1OCC. The summed E-state index contributed by atoms with van der Waals surface area (Å²) in [6.45, 7) is 24.9. The standard InChI is InChI=1S/C39H69N3O7S/c1-12-18-29-28(14-3)35(49-17-6)33-30(34(29)48-16-5)24-42(37(33)43)31(15-4)26(8)22-25(7)23-39(20-21-39)40-38(44)41-50(45)36(27(9)46-10)32(47-11)19-13-2/h12,19,22,27-31,33-38,40-41,43-44H,1,7,13-18,20-21,23-24H2,2-6,8-11H3/b26-22-,32-19+. The van der Waals surface area contributed by atoms with Gasteiger partial charge in [-0.2, -0.15) is 0 Å². The molecule has 0 aromatic carbocycles. The molecule has 0 radical (unpaired) electrons. The second-order valence-corrected chi connectivity index (χ2v) is 15.8. The third-order valence-corrected chi connectivity index (χ3v) is 12.7. The van der Waals surface area contributed by atoms with Gasteiger partial charge in [0.05, 0.1) is 30.7 Å². The Labute approximate surface area is 306 Å². The van der Waals surface area contributed by atoms with Gasteiger partial charge in [0.25, 0.3) is 0 Å². The lowest BCUT2D eigenvalue weighted by molar-refractivity contribution is -0.169. The molecule has 1 saturated heterocycles. The molecule has 1 heterocycles. The van der Waals surface area contributed by atoms with Gasteiger partial charge in [-0.3, -0.25) is 10.2 Å². The largest absolute Gasteiger partial charge is 0.597 e. The van der Waals surface area contributed by atoms with E-state index >= 15 is 0 Å². The van der Waals surface area contributed by atoms with E-state index in [1.165, 1.54) is 0 Å². The zero-order chi connectivity index (χ0) is 37.2. The van der Waals surface area contributed by atoms with Gasteiger partial charge >= 0.3 is 0 Å². The molecule has 0 aromatic heterocycles. The maximum Gasteiger partial charge on any atom is 0.216 e. The monoisotopic (exact) mass is 723 g/mol. The van der Waals surface area contributed by atoms with Crippen LogP contribution in [0.2, 0.25) is 0 Å². The first-order chi connectivity index (χ1) is 23.9. The number of hydrogen-bond donors (Lipinski definition) is 4. The van der Waals surface area contributed by atoms with Crippen LogP contribution in [-0.4, -0.2) is 101 Å². The second kappa shape index (κ2) is 20.3. The maximum atomic E-state index is 13.4. The van der Waals surface area contributed by atoms with Crippen LogP contribution in [0.3, 0.4) is 0 Å². The van der Waals surface area contributed by atoms with Gasteiger partial charge in [-0.1, -0.05) is 61.8 Å². The molecule has 3 aliphatic rings. The Morgan fingerprint density at radius 2 is 1.76 bits per heavy atom. The van der Waals surface area contributed by atoms with E-state index < -0.39 is 35.3 Å². The van der Waals surface area contributed by atoms with Crippen molar-refractivity contribution in [2.24, 2.45) is 23.7 Å². The molecule has 0 bridgehead atoms. The fourth-order valence-corrected chi connectivity index (χ4v) is 10.1. The molecule has 2 aliphatic carbocycles. The van der Waals surface area contributed by atoms with E-state index in [2.05, 4.69) is 61.9 Å². The number of fused-ring (bicyclic) bond motifs is 1. The molecule has 3 rings (SSSR count). The van der Waals surface area contributed by atoms with Gasteiger partial charge in [0.2, 0.25) is 11.6 Å². The Morgan fingerprint density at radius 3 is 2.28 bits per heavy atom. The number of likely N-dealkylation sites (tertiary alicyclic amines) is 1. The fourth-order valence-electron chi connectivity index (χ4n) is 8.86. The van der Waals surface area contributed by atoms with Crippen molar-refractivity contribution < 1.29 is 33.7 Å². The van der Waals surface area contributed by atoms with E-state index in [4.69, 9.17) is 18.9 Å². The van der Waals surface area contributed by atoms with Crippen molar-refractivity contribution in [3.05, 3.63) is 48.3 Å². The fraction of sp³-hybridized carbons (Fsp3) is 0.795. The highest BCUT2D eigenvalue weighted by Gasteiger charge is 2.58.